The Bertz CT molecular complexity index is 1440. The molecule has 0 saturated carbocycles. The van der Waals surface area contributed by atoms with Gasteiger partial charge in [0.05, 0.1) is 5.56 Å². The molecule has 0 bridgehead atoms. The predicted octanol–water partition coefficient (Wildman–Crippen LogP) is 5.39. The number of rotatable bonds is 4. The van der Waals surface area contributed by atoms with E-state index in [1.165, 1.54) is 6.07 Å². The Balaban J connectivity index is 1.43. The van der Waals surface area contributed by atoms with Gasteiger partial charge in [0, 0.05) is 40.9 Å². The van der Waals surface area contributed by atoms with Crippen LogP contribution in [0, 0.1) is 19.7 Å². The van der Waals surface area contributed by atoms with Gasteiger partial charge in [-0.1, -0.05) is 18.2 Å². The van der Waals surface area contributed by atoms with Gasteiger partial charge in [-0.2, -0.15) is 0 Å². The molecule has 2 heterocycles. The Morgan fingerprint density at radius 1 is 0.971 bits per heavy atom. The largest absolute Gasteiger partial charge is 0.348 e. The summed E-state index contributed by atoms with van der Waals surface area (Å²) in [6.07, 6.45) is 1.70. The number of nitrogens with zero attached hydrogens (tertiary/aromatic N) is 1. The molecule has 0 spiro atoms. The van der Waals surface area contributed by atoms with Gasteiger partial charge in [0.15, 0.2) is 0 Å². The first-order valence-electron chi connectivity index (χ1n) is 10.8. The first-order chi connectivity index (χ1) is 16.4. The van der Waals surface area contributed by atoms with Crippen molar-refractivity contribution in [2.75, 3.05) is 10.6 Å². The van der Waals surface area contributed by atoms with Crippen molar-refractivity contribution < 1.29 is 14.0 Å². The summed E-state index contributed by atoms with van der Waals surface area (Å²) >= 11 is 0. The number of benzene rings is 3. The number of hydrogen-bond acceptors (Lipinski definition) is 3. The number of imidazole rings is 1. The molecule has 0 fully saturated rings. The third-order valence-electron chi connectivity index (χ3n) is 5.72. The number of H-pyrrole nitrogens is 1. The quantitative estimate of drug-likeness (QED) is 0.332. The van der Waals surface area contributed by atoms with Crippen LogP contribution in [0.4, 0.5) is 20.6 Å². The van der Waals surface area contributed by atoms with E-state index in [0.29, 0.717) is 51.6 Å². The normalized spacial score (nSPS) is 12.3. The Labute approximate surface area is 195 Å². The fraction of sp³-hybridized carbons (Fsp3) is 0.115. The van der Waals surface area contributed by atoms with E-state index in [-0.39, 0.29) is 5.91 Å². The standard InChI is InChI=1S/C26H22FN5O2/c1-14-4-3-5-16(10-14)31-26(34)32-17-6-7-19(22(27)11-17)18-8-9-20(24-28-12-15(2)30-24)23-21(18)13-29-25(23)33/h3-12H,13H2,1-2H3,(H,28,30)(H,29,33)(H2,31,32,34). The molecule has 0 aliphatic carbocycles. The number of carbonyl (C=O) groups excluding carboxylic acids is 2. The molecule has 8 heteroatoms. The maximum Gasteiger partial charge on any atom is 0.323 e. The highest BCUT2D eigenvalue weighted by molar-refractivity contribution is 6.06. The molecular formula is C26H22FN5O2. The van der Waals surface area contributed by atoms with Gasteiger partial charge in [0.1, 0.15) is 11.6 Å². The summed E-state index contributed by atoms with van der Waals surface area (Å²) in [4.78, 5) is 32.4. The Hall–Kier alpha value is -4.46. The minimum atomic E-state index is -0.503. The first kappa shape index (κ1) is 21.4. The zero-order valence-corrected chi connectivity index (χ0v) is 18.6. The molecule has 34 heavy (non-hydrogen) atoms. The Kier molecular flexibility index (Phi) is 5.33. The second-order valence-electron chi connectivity index (χ2n) is 8.25. The highest BCUT2D eigenvalue weighted by Gasteiger charge is 2.28. The number of nitrogens with one attached hydrogen (secondary N) is 4. The second kappa shape index (κ2) is 8.47. The molecule has 3 amide bonds. The van der Waals surface area contributed by atoms with Gasteiger partial charge in [-0.25, -0.2) is 14.2 Å². The number of amides is 3. The van der Waals surface area contributed by atoms with Crippen LogP contribution in [0.25, 0.3) is 22.5 Å². The number of urea groups is 1. The summed E-state index contributed by atoms with van der Waals surface area (Å²) in [6.45, 7) is 4.12. The number of halogens is 1. The van der Waals surface area contributed by atoms with Crippen LogP contribution in [0.3, 0.4) is 0 Å². The number of fused-ring (bicyclic) bond motifs is 1. The van der Waals surface area contributed by atoms with Crippen molar-refractivity contribution in [3.05, 3.63) is 89.0 Å². The predicted molar refractivity (Wildman–Crippen MR) is 129 cm³/mol. The van der Waals surface area contributed by atoms with Crippen LogP contribution in [0.15, 0.2) is 60.8 Å². The summed E-state index contributed by atoms with van der Waals surface area (Å²) in [5.41, 5.74) is 5.71. The zero-order chi connectivity index (χ0) is 23.8. The van der Waals surface area contributed by atoms with E-state index in [0.717, 1.165) is 11.3 Å². The van der Waals surface area contributed by atoms with E-state index in [2.05, 4.69) is 25.9 Å². The molecule has 5 rings (SSSR count). The molecule has 1 aromatic heterocycles. The average Bonchev–Trinajstić information content (AvgIpc) is 3.40. The fourth-order valence-corrected chi connectivity index (χ4v) is 4.17. The van der Waals surface area contributed by atoms with Gasteiger partial charge >= 0.3 is 6.03 Å². The Morgan fingerprint density at radius 2 is 1.71 bits per heavy atom. The van der Waals surface area contributed by atoms with Crippen LogP contribution >= 0.6 is 0 Å². The molecule has 170 valence electrons. The molecule has 0 unspecified atom stereocenters. The van der Waals surface area contributed by atoms with Gasteiger partial charge in [0.2, 0.25) is 0 Å². The van der Waals surface area contributed by atoms with Crippen LogP contribution in [-0.2, 0) is 6.54 Å². The van der Waals surface area contributed by atoms with Crippen molar-refractivity contribution >= 4 is 23.3 Å². The number of carbonyl (C=O) groups is 2. The van der Waals surface area contributed by atoms with Crippen LogP contribution in [0.5, 0.6) is 0 Å². The van der Waals surface area contributed by atoms with Crippen molar-refractivity contribution in [1.29, 1.82) is 0 Å². The molecule has 0 atom stereocenters. The second-order valence-corrected chi connectivity index (χ2v) is 8.25. The fourth-order valence-electron chi connectivity index (χ4n) is 4.17. The van der Waals surface area contributed by atoms with Crippen molar-refractivity contribution in [3.63, 3.8) is 0 Å². The molecular weight excluding hydrogens is 433 g/mol. The van der Waals surface area contributed by atoms with E-state index < -0.39 is 11.8 Å². The van der Waals surface area contributed by atoms with Crippen molar-refractivity contribution in [1.82, 2.24) is 15.3 Å². The van der Waals surface area contributed by atoms with Gasteiger partial charge in [-0.3, -0.25) is 4.79 Å². The zero-order valence-electron chi connectivity index (χ0n) is 18.6. The molecule has 7 nitrogen and oxygen atoms in total. The van der Waals surface area contributed by atoms with Gasteiger partial charge in [0.25, 0.3) is 5.91 Å². The lowest BCUT2D eigenvalue weighted by molar-refractivity contribution is 0.0966. The van der Waals surface area contributed by atoms with Gasteiger partial charge in [-0.05, 0) is 66.9 Å². The summed E-state index contributed by atoms with van der Waals surface area (Å²) in [7, 11) is 0. The maximum absolute atomic E-state index is 15.2. The number of aromatic amines is 1. The van der Waals surface area contributed by atoms with Gasteiger partial charge in [-0.15, -0.1) is 0 Å². The summed E-state index contributed by atoms with van der Waals surface area (Å²) in [6, 6.07) is 15.0. The van der Waals surface area contributed by atoms with Crippen molar-refractivity contribution in [2.45, 2.75) is 20.4 Å². The van der Waals surface area contributed by atoms with E-state index in [4.69, 9.17) is 0 Å². The summed E-state index contributed by atoms with van der Waals surface area (Å²) < 4.78 is 15.2. The SMILES string of the molecule is Cc1cccc(NC(=O)Nc2ccc(-c3ccc(-c4ncc(C)[nH]4)c4c3CNC4=O)c(F)c2)c1. The highest BCUT2D eigenvalue weighted by atomic mass is 19.1. The third-order valence-corrected chi connectivity index (χ3v) is 5.72. The van der Waals surface area contributed by atoms with Crippen molar-refractivity contribution in [2.24, 2.45) is 0 Å². The van der Waals surface area contributed by atoms with E-state index in [1.807, 2.05) is 32.0 Å². The lowest BCUT2D eigenvalue weighted by Crippen LogP contribution is -2.19. The summed E-state index contributed by atoms with van der Waals surface area (Å²) in [5.74, 6) is -0.124. The number of aryl methyl sites for hydroxylation is 2. The lowest BCUT2D eigenvalue weighted by Gasteiger charge is -2.13. The molecule has 4 N–H and O–H groups in total. The van der Waals surface area contributed by atoms with E-state index >= 15 is 4.39 Å². The molecule has 4 aromatic rings. The minimum Gasteiger partial charge on any atom is -0.348 e. The third kappa shape index (κ3) is 4.01. The monoisotopic (exact) mass is 455 g/mol. The smallest absolute Gasteiger partial charge is 0.323 e. The Morgan fingerprint density at radius 3 is 2.41 bits per heavy atom. The van der Waals surface area contributed by atoms with Crippen LogP contribution in [0.1, 0.15) is 27.2 Å². The molecule has 3 aromatic carbocycles. The molecule has 1 aliphatic rings. The lowest BCUT2D eigenvalue weighted by atomic mass is 9.92. The van der Waals surface area contributed by atoms with E-state index in [1.54, 1.807) is 36.5 Å². The first-order valence-corrected chi connectivity index (χ1v) is 10.8. The molecule has 1 aliphatic heterocycles. The summed E-state index contributed by atoms with van der Waals surface area (Å²) in [5, 5.41) is 8.21. The van der Waals surface area contributed by atoms with Crippen molar-refractivity contribution in [3.8, 4) is 22.5 Å². The van der Waals surface area contributed by atoms with E-state index in [9.17, 15) is 9.59 Å². The van der Waals surface area contributed by atoms with Gasteiger partial charge < -0.3 is 20.9 Å². The number of hydrogen-bond donors (Lipinski definition) is 4. The molecule has 0 radical (unpaired) electrons. The van der Waals surface area contributed by atoms with Crippen LogP contribution in [-0.4, -0.2) is 21.9 Å². The van der Waals surface area contributed by atoms with Crippen LogP contribution < -0.4 is 16.0 Å². The molecule has 0 saturated heterocycles. The topological polar surface area (TPSA) is 98.9 Å². The average molecular weight is 455 g/mol. The minimum absolute atomic E-state index is 0.215. The number of anilines is 2. The highest BCUT2D eigenvalue weighted by Crippen LogP contribution is 2.36. The van der Waals surface area contributed by atoms with Crippen LogP contribution in [0.2, 0.25) is 0 Å². The number of aromatic nitrogens is 2. The maximum atomic E-state index is 15.2.